The van der Waals surface area contributed by atoms with Crippen molar-refractivity contribution in [1.29, 1.82) is 0 Å². The van der Waals surface area contributed by atoms with Crippen molar-refractivity contribution < 1.29 is 24.2 Å². The van der Waals surface area contributed by atoms with Crippen LogP contribution < -0.4 is 5.32 Å². The van der Waals surface area contributed by atoms with Crippen LogP contribution in [0.5, 0.6) is 0 Å². The maximum absolute atomic E-state index is 12.8. The summed E-state index contributed by atoms with van der Waals surface area (Å²) in [6.07, 6.45) is -0.912. The Balaban J connectivity index is 1.64. The van der Waals surface area contributed by atoms with E-state index in [0.29, 0.717) is 6.54 Å². The number of aliphatic hydroxyl groups is 1. The van der Waals surface area contributed by atoms with Crippen LogP contribution in [0.15, 0.2) is 29.8 Å². The monoisotopic (exact) mass is 445 g/mol. The van der Waals surface area contributed by atoms with Crippen molar-refractivity contribution in [3.8, 4) is 10.4 Å². The van der Waals surface area contributed by atoms with Gasteiger partial charge in [0.05, 0.1) is 28.2 Å². The minimum absolute atomic E-state index is 0.00157. The second kappa shape index (κ2) is 9.15. The fourth-order valence-corrected chi connectivity index (χ4v) is 4.54. The van der Waals surface area contributed by atoms with Gasteiger partial charge >= 0.3 is 5.97 Å². The quantitative estimate of drug-likeness (QED) is 0.659. The third-order valence-electron chi connectivity index (χ3n) is 5.22. The van der Waals surface area contributed by atoms with Crippen molar-refractivity contribution in [2.24, 2.45) is 0 Å². The van der Waals surface area contributed by atoms with Gasteiger partial charge in [-0.05, 0) is 31.9 Å². The van der Waals surface area contributed by atoms with E-state index in [1.54, 1.807) is 18.3 Å². The van der Waals surface area contributed by atoms with Crippen molar-refractivity contribution in [3.63, 3.8) is 0 Å². The van der Waals surface area contributed by atoms with Crippen LogP contribution in [0.4, 0.5) is 0 Å². The molecule has 2 aromatic rings. The van der Waals surface area contributed by atoms with E-state index >= 15 is 0 Å². The molecule has 1 aliphatic rings. The molecular formula is C22H27N3O5S. The molecule has 1 saturated heterocycles. The molecule has 0 saturated carbocycles. The van der Waals surface area contributed by atoms with Gasteiger partial charge < -0.3 is 20.1 Å². The number of carbonyl (C=O) groups is 3. The summed E-state index contributed by atoms with van der Waals surface area (Å²) in [4.78, 5) is 43.4. The van der Waals surface area contributed by atoms with Gasteiger partial charge in [0.15, 0.2) is 6.10 Å². The second-order valence-corrected chi connectivity index (χ2v) is 8.97. The maximum Gasteiger partial charge on any atom is 0.303 e. The molecule has 9 heteroatoms. The molecule has 1 fully saturated rings. The van der Waals surface area contributed by atoms with E-state index in [-0.39, 0.29) is 18.9 Å². The molecule has 0 unspecified atom stereocenters. The van der Waals surface area contributed by atoms with E-state index in [1.807, 2.05) is 36.7 Å². The zero-order valence-electron chi connectivity index (χ0n) is 18.0. The maximum atomic E-state index is 12.8. The Bertz CT molecular complexity index is 970. The normalized spacial score (nSPS) is 21.6. The molecule has 1 aromatic heterocycles. The van der Waals surface area contributed by atoms with Crippen LogP contribution in [0.1, 0.15) is 38.4 Å². The van der Waals surface area contributed by atoms with E-state index in [9.17, 15) is 19.5 Å². The number of amides is 2. The Labute approximate surface area is 185 Å². The Hall–Kier alpha value is -2.78. The number of β-amino-alcohol motifs (C(OH)–C–C–N with tert-alkyl or cyclic N) is 1. The number of nitrogens with zero attached hydrogens (tertiary/aromatic N) is 2. The average molecular weight is 446 g/mol. The molecule has 1 aromatic carbocycles. The first-order valence-corrected chi connectivity index (χ1v) is 10.9. The third kappa shape index (κ3) is 5.48. The van der Waals surface area contributed by atoms with Crippen LogP contribution in [-0.4, -0.2) is 57.1 Å². The summed E-state index contributed by atoms with van der Waals surface area (Å²) in [6, 6.07) is 7.01. The Morgan fingerprint density at radius 1 is 1.35 bits per heavy atom. The summed E-state index contributed by atoms with van der Waals surface area (Å²) in [5, 5.41) is 13.3. The fourth-order valence-electron chi connectivity index (χ4n) is 3.73. The molecule has 0 spiro atoms. The Morgan fingerprint density at radius 3 is 2.61 bits per heavy atom. The summed E-state index contributed by atoms with van der Waals surface area (Å²) in [5.41, 5.74) is 3.58. The average Bonchev–Trinajstić information content (AvgIpc) is 3.27. The smallest absolute Gasteiger partial charge is 0.303 e. The predicted molar refractivity (Wildman–Crippen MR) is 116 cm³/mol. The number of nitrogens with one attached hydrogen (secondary N) is 1. The van der Waals surface area contributed by atoms with E-state index in [1.165, 1.54) is 18.7 Å². The van der Waals surface area contributed by atoms with Gasteiger partial charge in [0.1, 0.15) is 6.04 Å². The fraction of sp³-hybridized carbons (Fsp3) is 0.455. The molecule has 2 heterocycles. The molecule has 31 heavy (non-hydrogen) atoms. The zero-order chi connectivity index (χ0) is 22.8. The lowest BCUT2D eigenvalue weighted by Gasteiger charge is -2.26. The summed E-state index contributed by atoms with van der Waals surface area (Å²) in [7, 11) is 0. The SMILES string of the molecule is CC(=O)O[C@@H](C)C(=O)N1C[C@@](C)(O)C[C@H]1C(=O)NCc1ccc(-c2scnc2C)cc1. The van der Waals surface area contributed by atoms with Crippen LogP contribution in [0.25, 0.3) is 10.4 Å². The van der Waals surface area contributed by atoms with E-state index in [0.717, 1.165) is 21.7 Å². The largest absolute Gasteiger partial charge is 0.453 e. The minimum Gasteiger partial charge on any atom is -0.453 e. The van der Waals surface area contributed by atoms with Gasteiger partial charge in [-0.1, -0.05) is 24.3 Å². The van der Waals surface area contributed by atoms with Gasteiger partial charge in [-0.2, -0.15) is 0 Å². The number of benzene rings is 1. The molecule has 1 aliphatic heterocycles. The van der Waals surface area contributed by atoms with Crippen molar-refractivity contribution in [2.75, 3.05) is 6.54 Å². The van der Waals surface area contributed by atoms with E-state index in [4.69, 9.17) is 4.74 Å². The number of aryl methyl sites for hydroxylation is 1. The Kier molecular flexibility index (Phi) is 6.76. The van der Waals surface area contributed by atoms with Crippen LogP contribution in [0.2, 0.25) is 0 Å². The Morgan fingerprint density at radius 2 is 2.03 bits per heavy atom. The van der Waals surface area contributed by atoms with Crippen LogP contribution in [0, 0.1) is 6.92 Å². The van der Waals surface area contributed by atoms with Crippen molar-refractivity contribution in [2.45, 2.75) is 58.4 Å². The molecule has 2 N–H and O–H groups in total. The predicted octanol–water partition coefficient (Wildman–Crippen LogP) is 2.04. The minimum atomic E-state index is -1.19. The first-order valence-electron chi connectivity index (χ1n) is 10.0. The lowest BCUT2D eigenvalue weighted by Crippen LogP contribution is -2.49. The number of ether oxygens (including phenoxy) is 1. The molecular weight excluding hydrogens is 418 g/mol. The van der Waals surface area contributed by atoms with E-state index in [2.05, 4.69) is 10.3 Å². The molecule has 8 nitrogen and oxygen atoms in total. The van der Waals surface area contributed by atoms with Gasteiger partial charge in [-0.3, -0.25) is 14.4 Å². The molecule has 3 atom stereocenters. The number of aromatic nitrogens is 1. The number of hydrogen-bond acceptors (Lipinski definition) is 7. The summed E-state index contributed by atoms with van der Waals surface area (Å²) >= 11 is 1.58. The highest BCUT2D eigenvalue weighted by Gasteiger charge is 2.46. The van der Waals surface area contributed by atoms with Gasteiger partial charge in [0.2, 0.25) is 5.91 Å². The number of esters is 1. The van der Waals surface area contributed by atoms with E-state index < -0.39 is 29.6 Å². The van der Waals surface area contributed by atoms with Crippen LogP contribution in [-0.2, 0) is 25.7 Å². The van der Waals surface area contributed by atoms with Crippen molar-refractivity contribution in [1.82, 2.24) is 15.2 Å². The highest BCUT2D eigenvalue weighted by Crippen LogP contribution is 2.29. The van der Waals surface area contributed by atoms with Crippen LogP contribution in [0.3, 0.4) is 0 Å². The standard InChI is InChI=1S/C22H27N3O5S/c1-13-19(31-12-24-13)17-7-5-16(6-8-17)10-23-20(27)18-9-22(4,29)11-25(18)21(28)14(2)30-15(3)26/h5-8,12,14,18,29H,9-11H2,1-4H3,(H,23,27)/t14-,18-,22-/m0/s1. The van der Waals surface area contributed by atoms with Crippen molar-refractivity contribution in [3.05, 3.63) is 41.0 Å². The number of rotatable bonds is 6. The summed E-state index contributed by atoms with van der Waals surface area (Å²) in [6.45, 7) is 6.51. The molecule has 0 aliphatic carbocycles. The first-order chi connectivity index (χ1) is 14.6. The van der Waals surface area contributed by atoms with Gasteiger partial charge in [-0.25, -0.2) is 4.98 Å². The first kappa shape index (κ1) is 22.9. The lowest BCUT2D eigenvalue weighted by molar-refractivity contribution is -0.158. The molecule has 3 rings (SSSR count). The van der Waals surface area contributed by atoms with Crippen molar-refractivity contribution >= 4 is 29.1 Å². The zero-order valence-corrected chi connectivity index (χ0v) is 18.9. The van der Waals surface area contributed by atoms with Crippen LogP contribution >= 0.6 is 11.3 Å². The number of carbonyl (C=O) groups excluding carboxylic acids is 3. The molecule has 0 bridgehead atoms. The van der Waals surface area contributed by atoms with Gasteiger partial charge in [0, 0.05) is 19.9 Å². The van der Waals surface area contributed by atoms with Gasteiger partial charge in [0.25, 0.3) is 5.91 Å². The topological polar surface area (TPSA) is 109 Å². The lowest BCUT2D eigenvalue weighted by atomic mass is 10.0. The summed E-state index contributed by atoms with van der Waals surface area (Å²) < 4.78 is 4.95. The second-order valence-electron chi connectivity index (χ2n) is 8.12. The summed E-state index contributed by atoms with van der Waals surface area (Å²) in [5.74, 6) is -1.44. The molecule has 2 amide bonds. The third-order valence-corrected chi connectivity index (χ3v) is 6.20. The van der Waals surface area contributed by atoms with Gasteiger partial charge in [-0.15, -0.1) is 11.3 Å². The highest BCUT2D eigenvalue weighted by atomic mass is 32.1. The molecule has 166 valence electrons. The number of likely N-dealkylation sites (tertiary alicyclic amines) is 1. The number of hydrogen-bond donors (Lipinski definition) is 2. The number of thiazole rings is 1. The highest BCUT2D eigenvalue weighted by molar-refractivity contribution is 7.13. The molecule has 0 radical (unpaired) electrons.